The number of fused-ring (bicyclic) bond motifs is 2. The van der Waals surface area contributed by atoms with Crippen LogP contribution in [0.3, 0.4) is 0 Å². The van der Waals surface area contributed by atoms with E-state index in [-0.39, 0.29) is 11.9 Å². The first kappa shape index (κ1) is 13.5. The second-order valence-electron chi connectivity index (χ2n) is 5.41. The van der Waals surface area contributed by atoms with Gasteiger partial charge in [-0.1, -0.05) is 0 Å². The number of thiazole rings is 1. The minimum absolute atomic E-state index is 0.150. The number of hydrogen-bond donors (Lipinski definition) is 3. The van der Waals surface area contributed by atoms with Gasteiger partial charge in [0.1, 0.15) is 0 Å². The zero-order valence-electron chi connectivity index (χ0n) is 12.1. The van der Waals surface area contributed by atoms with Crippen LogP contribution in [0.15, 0.2) is 17.8 Å². The highest BCUT2D eigenvalue weighted by atomic mass is 32.1. The molecule has 0 aliphatic carbocycles. The SMILES string of the molecule is CC(NC(=O)c1n[nH]c2c1CCNC2)c1cn2ccsc2n1. The van der Waals surface area contributed by atoms with Gasteiger partial charge in [-0.25, -0.2) is 4.98 Å². The normalized spacial score (nSPS) is 15.7. The van der Waals surface area contributed by atoms with Crippen LogP contribution in [0.25, 0.3) is 4.96 Å². The molecule has 1 unspecified atom stereocenters. The van der Waals surface area contributed by atoms with Crippen molar-refractivity contribution in [2.24, 2.45) is 0 Å². The van der Waals surface area contributed by atoms with Crippen molar-refractivity contribution < 1.29 is 4.79 Å². The second kappa shape index (κ2) is 5.22. The molecule has 4 rings (SSSR count). The number of carbonyl (C=O) groups is 1. The number of aromatic nitrogens is 4. The lowest BCUT2D eigenvalue weighted by atomic mass is 10.1. The molecule has 3 aromatic rings. The molecule has 4 heterocycles. The molecule has 7 nitrogen and oxygen atoms in total. The van der Waals surface area contributed by atoms with Crippen molar-refractivity contribution >= 4 is 22.2 Å². The number of carbonyl (C=O) groups excluding carboxylic acids is 1. The lowest BCUT2D eigenvalue weighted by Gasteiger charge is -2.14. The van der Waals surface area contributed by atoms with Crippen molar-refractivity contribution in [2.75, 3.05) is 6.54 Å². The predicted molar refractivity (Wildman–Crippen MR) is 82.9 cm³/mol. The number of H-pyrrole nitrogens is 1. The van der Waals surface area contributed by atoms with Gasteiger partial charge in [0.2, 0.25) is 0 Å². The number of amides is 1. The van der Waals surface area contributed by atoms with Gasteiger partial charge in [-0.15, -0.1) is 11.3 Å². The Labute approximate surface area is 130 Å². The Kier molecular flexibility index (Phi) is 3.20. The van der Waals surface area contributed by atoms with E-state index in [0.29, 0.717) is 5.69 Å². The topological polar surface area (TPSA) is 87.1 Å². The fourth-order valence-electron chi connectivity index (χ4n) is 2.72. The van der Waals surface area contributed by atoms with Crippen molar-refractivity contribution in [3.05, 3.63) is 40.4 Å². The smallest absolute Gasteiger partial charge is 0.272 e. The molecule has 8 heteroatoms. The van der Waals surface area contributed by atoms with E-state index in [2.05, 4.69) is 25.8 Å². The highest BCUT2D eigenvalue weighted by Gasteiger charge is 2.23. The van der Waals surface area contributed by atoms with Crippen molar-refractivity contribution in [2.45, 2.75) is 25.9 Å². The maximum absolute atomic E-state index is 12.5. The molecule has 0 saturated carbocycles. The largest absolute Gasteiger partial charge is 0.342 e. The first-order valence-corrected chi connectivity index (χ1v) is 8.10. The van der Waals surface area contributed by atoms with E-state index < -0.39 is 0 Å². The van der Waals surface area contributed by atoms with E-state index in [1.807, 2.05) is 29.1 Å². The van der Waals surface area contributed by atoms with Crippen LogP contribution in [0.5, 0.6) is 0 Å². The van der Waals surface area contributed by atoms with Gasteiger partial charge in [0.05, 0.1) is 17.4 Å². The molecule has 1 aliphatic rings. The summed E-state index contributed by atoms with van der Waals surface area (Å²) in [5.41, 5.74) is 3.39. The van der Waals surface area contributed by atoms with Crippen LogP contribution >= 0.6 is 11.3 Å². The minimum Gasteiger partial charge on any atom is -0.342 e. The van der Waals surface area contributed by atoms with Crippen LogP contribution in [-0.4, -0.2) is 32.0 Å². The Hall–Kier alpha value is -2.19. The first-order valence-electron chi connectivity index (χ1n) is 7.22. The summed E-state index contributed by atoms with van der Waals surface area (Å²) in [4.78, 5) is 17.9. The van der Waals surface area contributed by atoms with Gasteiger partial charge < -0.3 is 10.6 Å². The molecule has 114 valence electrons. The number of nitrogens with zero attached hydrogens (tertiary/aromatic N) is 3. The molecule has 0 spiro atoms. The number of aromatic amines is 1. The van der Waals surface area contributed by atoms with E-state index in [9.17, 15) is 4.79 Å². The Balaban J connectivity index is 1.53. The average Bonchev–Trinajstić information content (AvgIpc) is 3.20. The van der Waals surface area contributed by atoms with Crippen LogP contribution in [-0.2, 0) is 13.0 Å². The number of imidazole rings is 1. The monoisotopic (exact) mass is 316 g/mol. The molecule has 0 aromatic carbocycles. The number of hydrogen-bond acceptors (Lipinski definition) is 5. The molecular weight excluding hydrogens is 300 g/mol. The summed E-state index contributed by atoms with van der Waals surface area (Å²) in [6.07, 6.45) is 4.73. The fourth-order valence-corrected chi connectivity index (χ4v) is 3.43. The molecule has 0 saturated heterocycles. The van der Waals surface area contributed by atoms with Crippen LogP contribution in [0.1, 0.15) is 40.4 Å². The van der Waals surface area contributed by atoms with Crippen molar-refractivity contribution in [3.63, 3.8) is 0 Å². The Morgan fingerprint density at radius 2 is 2.45 bits per heavy atom. The highest BCUT2D eigenvalue weighted by Crippen LogP contribution is 2.19. The summed E-state index contributed by atoms with van der Waals surface area (Å²) >= 11 is 1.58. The van der Waals surface area contributed by atoms with Crippen molar-refractivity contribution in [1.29, 1.82) is 0 Å². The zero-order valence-corrected chi connectivity index (χ0v) is 12.9. The van der Waals surface area contributed by atoms with Gasteiger partial charge in [-0.05, 0) is 19.9 Å². The van der Waals surface area contributed by atoms with Crippen LogP contribution in [0, 0.1) is 0 Å². The predicted octanol–water partition coefficient (Wildman–Crippen LogP) is 1.26. The Morgan fingerprint density at radius 3 is 3.32 bits per heavy atom. The fraction of sp³-hybridized carbons (Fsp3) is 0.357. The first-order chi connectivity index (χ1) is 10.7. The second-order valence-corrected chi connectivity index (χ2v) is 6.28. The van der Waals surface area contributed by atoms with Crippen LogP contribution in [0.2, 0.25) is 0 Å². The average molecular weight is 316 g/mol. The molecule has 1 aliphatic heterocycles. The summed E-state index contributed by atoms with van der Waals surface area (Å²) in [5, 5.41) is 15.4. The number of rotatable bonds is 3. The van der Waals surface area contributed by atoms with Crippen molar-refractivity contribution in [3.8, 4) is 0 Å². The van der Waals surface area contributed by atoms with E-state index in [0.717, 1.165) is 41.4 Å². The molecule has 0 bridgehead atoms. The molecule has 0 radical (unpaired) electrons. The Bertz CT molecular complexity index is 803. The van der Waals surface area contributed by atoms with Gasteiger partial charge in [-0.3, -0.25) is 14.3 Å². The van der Waals surface area contributed by atoms with Gasteiger partial charge in [0, 0.05) is 29.9 Å². The molecule has 22 heavy (non-hydrogen) atoms. The third-order valence-electron chi connectivity index (χ3n) is 3.92. The lowest BCUT2D eigenvalue weighted by Crippen LogP contribution is -2.30. The minimum atomic E-state index is -0.159. The zero-order chi connectivity index (χ0) is 15.1. The summed E-state index contributed by atoms with van der Waals surface area (Å²) in [6, 6.07) is -0.159. The van der Waals surface area contributed by atoms with Gasteiger partial charge in [0.15, 0.2) is 10.7 Å². The van der Waals surface area contributed by atoms with E-state index >= 15 is 0 Å². The maximum atomic E-state index is 12.5. The van der Waals surface area contributed by atoms with E-state index in [1.165, 1.54) is 0 Å². The van der Waals surface area contributed by atoms with E-state index in [4.69, 9.17) is 0 Å². The van der Waals surface area contributed by atoms with Crippen LogP contribution in [0.4, 0.5) is 0 Å². The molecule has 1 atom stereocenters. The lowest BCUT2D eigenvalue weighted by molar-refractivity contribution is 0.0933. The molecule has 3 aromatic heterocycles. The third kappa shape index (κ3) is 2.20. The quantitative estimate of drug-likeness (QED) is 0.679. The summed E-state index contributed by atoms with van der Waals surface area (Å²) in [7, 11) is 0. The standard InChI is InChI=1S/C14H16N6OS/c1-8(11-7-20-4-5-22-14(20)17-11)16-13(21)12-9-2-3-15-6-10(9)18-19-12/h4-5,7-8,15H,2-3,6H2,1H3,(H,16,21)(H,18,19). The maximum Gasteiger partial charge on any atom is 0.272 e. The summed E-state index contributed by atoms with van der Waals surface area (Å²) in [6.45, 7) is 3.55. The molecule has 3 N–H and O–H groups in total. The van der Waals surface area contributed by atoms with Gasteiger partial charge in [-0.2, -0.15) is 5.10 Å². The van der Waals surface area contributed by atoms with E-state index in [1.54, 1.807) is 11.3 Å². The van der Waals surface area contributed by atoms with Crippen molar-refractivity contribution in [1.82, 2.24) is 30.2 Å². The molecule has 1 amide bonds. The summed E-state index contributed by atoms with van der Waals surface area (Å²) < 4.78 is 1.96. The number of nitrogens with one attached hydrogen (secondary N) is 3. The Morgan fingerprint density at radius 1 is 1.55 bits per heavy atom. The summed E-state index contributed by atoms with van der Waals surface area (Å²) in [5.74, 6) is -0.150. The highest BCUT2D eigenvalue weighted by molar-refractivity contribution is 7.15. The van der Waals surface area contributed by atoms with Gasteiger partial charge in [0.25, 0.3) is 5.91 Å². The van der Waals surface area contributed by atoms with Crippen LogP contribution < -0.4 is 10.6 Å². The van der Waals surface area contributed by atoms with Gasteiger partial charge >= 0.3 is 0 Å². The molecular formula is C14H16N6OS. The third-order valence-corrected chi connectivity index (χ3v) is 4.70. The molecule has 0 fully saturated rings.